The molecule has 3 rings (SSSR count). The summed E-state index contributed by atoms with van der Waals surface area (Å²) in [6, 6.07) is 15.2. The zero-order chi connectivity index (χ0) is 21.0. The first-order chi connectivity index (χ1) is 13.9. The lowest BCUT2D eigenvalue weighted by Crippen LogP contribution is -2.32. The fraction of sp³-hybridized carbons (Fsp3) is 0.227. The summed E-state index contributed by atoms with van der Waals surface area (Å²) in [5.41, 5.74) is 4.32. The first-order valence-corrected chi connectivity index (χ1v) is 9.21. The maximum atomic E-state index is 12.4. The Hall–Kier alpha value is -3.63. The maximum Gasteiger partial charge on any atom is 0.238 e. The van der Waals surface area contributed by atoms with Gasteiger partial charge in [0.25, 0.3) is 0 Å². The number of aliphatic hydroxyl groups is 1. The first kappa shape index (κ1) is 20.1. The third kappa shape index (κ3) is 4.62. The van der Waals surface area contributed by atoms with E-state index in [1.54, 1.807) is 11.9 Å². The summed E-state index contributed by atoms with van der Waals surface area (Å²) in [5, 5.41) is 22.9. The first-order valence-electron chi connectivity index (χ1n) is 9.21. The predicted molar refractivity (Wildman–Crippen MR) is 113 cm³/mol. The van der Waals surface area contributed by atoms with E-state index in [-0.39, 0.29) is 30.3 Å². The van der Waals surface area contributed by atoms with E-state index in [4.69, 9.17) is 0 Å². The van der Waals surface area contributed by atoms with Crippen LogP contribution >= 0.6 is 0 Å². The fourth-order valence-electron chi connectivity index (χ4n) is 3.15. The highest BCUT2D eigenvalue weighted by atomic mass is 16.3. The number of nitrogens with zero attached hydrogens (tertiary/aromatic N) is 3. The lowest BCUT2D eigenvalue weighted by molar-refractivity contribution is -0.117. The van der Waals surface area contributed by atoms with E-state index in [0.717, 1.165) is 22.3 Å². The molecule has 2 aromatic carbocycles. The number of carbonyl (C=O) groups excluding carboxylic acids is 1. The number of hydrogen-bond donors (Lipinski definition) is 3. The second-order valence-electron chi connectivity index (χ2n) is 7.02. The van der Waals surface area contributed by atoms with Crippen molar-refractivity contribution in [2.75, 3.05) is 25.5 Å². The number of nitrogens with one attached hydrogen (secondary N) is 2. The summed E-state index contributed by atoms with van der Waals surface area (Å²) in [5.74, 6) is -0.0338. The lowest BCUT2D eigenvalue weighted by atomic mass is 10.1. The maximum absolute atomic E-state index is 12.4. The van der Waals surface area contributed by atoms with Gasteiger partial charge in [0.05, 0.1) is 24.1 Å². The molecule has 7 nitrogen and oxygen atoms in total. The Morgan fingerprint density at radius 2 is 1.86 bits per heavy atom. The van der Waals surface area contributed by atoms with Gasteiger partial charge in [-0.15, -0.1) is 0 Å². The molecule has 0 aliphatic carbocycles. The van der Waals surface area contributed by atoms with Crippen LogP contribution < -0.4 is 5.32 Å². The van der Waals surface area contributed by atoms with Crippen molar-refractivity contribution in [3.63, 3.8) is 0 Å². The molecule has 1 aromatic heterocycles. The van der Waals surface area contributed by atoms with Gasteiger partial charge in [-0.05, 0) is 44.2 Å². The molecule has 0 bridgehead atoms. The van der Waals surface area contributed by atoms with Gasteiger partial charge in [0.1, 0.15) is 17.4 Å². The number of nitriles is 1. The van der Waals surface area contributed by atoms with Gasteiger partial charge in [0.15, 0.2) is 5.82 Å². The molecule has 0 aliphatic heterocycles. The van der Waals surface area contributed by atoms with Gasteiger partial charge in [-0.25, -0.2) is 4.98 Å². The zero-order valence-corrected chi connectivity index (χ0v) is 16.7. The van der Waals surface area contributed by atoms with Gasteiger partial charge in [-0.2, -0.15) is 5.26 Å². The van der Waals surface area contributed by atoms with Crippen molar-refractivity contribution in [1.82, 2.24) is 14.9 Å². The SMILES string of the molecule is Cc1cccc(C)c1NC(=O)CN(C)C/C(O)=C(\C#N)c1nc2ccccc2[nH]1. The number of aromatic amines is 1. The lowest BCUT2D eigenvalue weighted by Gasteiger charge is -2.17. The summed E-state index contributed by atoms with van der Waals surface area (Å²) >= 11 is 0. The van der Waals surface area contributed by atoms with Crippen molar-refractivity contribution >= 4 is 28.2 Å². The molecule has 0 saturated carbocycles. The average Bonchev–Trinajstić information content (AvgIpc) is 3.08. The van der Waals surface area contributed by atoms with Crippen LogP contribution in [0.5, 0.6) is 0 Å². The third-order valence-electron chi connectivity index (χ3n) is 4.61. The van der Waals surface area contributed by atoms with E-state index in [2.05, 4.69) is 15.3 Å². The standard InChI is InChI=1S/C22H23N5O2/c1-14-7-6-8-15(2)21(14)26-20(29)13-27(3)12-19(28)16(11-23)22-24-17-9-4-5-10-18(17)25-22/h4-10,28H,12-13H2,1-3H3,(H,24,25)(H,26,29)/b19-16-. The Labute approximate surface area is 169 Å². The van der Waals surface area contributed by atoms with Crippen molar-refractivity contribution < 1.29 is 9.90 Å². The predicted octanol–water partition coefficient (Wildman–Crippen LogP) is 3.54. The van der Waals surface area contributed by atoms with Crippen LogP contribution in [0.3, 0.4) is 0 Å². The molecular weight excluding hydrogens is 366 g/mol. The van der Waals surface area contributed by atoms with Crippen LogP contribution in [0.2, 0.25) is 0 Å². The van der Waals surface area contributed by atoms with Gasteiger partial charge in [-0.1, -0.05) is 30.3 Å². The van der Waals surface area contributed by atoms with Crippen LogP contribution in [0.25, 0.3) is 16.6 Å². The minimum atomic E-state index is -0.194. The summed E-state index contributed by atoms with van der Waals surface area (Å²) in [4.78, 5) is 21.4. The molecule has 3 N–H and O–H groups in total. The number of aliphatic hydroxyl groups excluding tert-OH is 1. The van der Waals surface area contributed by atoms with E-state index >= 15 is 0 Å². The van der Waals surface area contributed by atoms with Crippen molar-refractivity contribution in [1.29, 1.82) is 5.26 Å². The zero-order valence-electron chi connectivity index (χ0n) is 16.7. The number of anilines is 1. The smallest absolute Gasteiger partial charge is 0.238 e. The highest BCUT2D eigenvalue weighted by Gasteiger charge is 2.16. The number of hydrogen-bond acceptors (Lipinski definition) is 5. The molecular formula is C22H23N5O2. The highest BCUT2D eigenvalue weighted by Crippen LogP contribution is 2.20. The molecule has 7 heteroatoms. The fourth-order valence-corrected chi connectivity index (χ4v) is 3.15. The molecule has 0 aliphatic rings. The van der Waals surface area contributed by atoms with Gasteiger partial charge in [0, 0.05) is 5.69 Å². The van der Waals surface area contributed by atoms with Crippen molar-refractivity contribution in [2.24, 2.45) is 0 Å². The molecule has 148 valence electrons. The summed E-state index contributed by atoms with van der Waals surface area (Å²) in [6.45, 7) is 3.98. The third-order valence-corrected chi connectivity index (χ3v) is 4.61. The molecule has 0 atom stereocenters. The van der Waals surface area contributed by atoms with E-state index in [0.29, 0.717) is 11.3 Å². The molecule has 0 radical (unpaired) electrons. The Bertz CT molecular complexity index is 1070. The van der Waals surface area contributed by atoms with Gasteiger partial charge in [-0.3, -0.25) is 9.69 Å². The van der Waals surface area contributed by atoms with Crippen molar-refractivity contribution in [3.8, 4) is 6.07 Å². The Morgan fingerprint density at radius 1 is 1.17 bits per heavy atom. The number of fused-ring (bicyclic) bond motifs is 1. The second-order valence-corrected chi connectivity index (χ2v) is 7.02. The number of likely N-dealkylation sites (N-methyl/N-ethyl adjacent to an activating group) is 1. The van der Waals surface area contributed by atoms with E-state index in [9.17, 15) is 15.2 Å². The van der Waals surface area contributed by atoms with Gasteiger partial charge >= 0.3 is 0 Å². The number of benzene rings is 2. The molecule has 0 unspecified atom stereocenters. The van der Waals surface area contributed by atoms with Gasteiger partial charge < -0.3 is 15.4 Å². The highest BCUT2D eigenvalue weighted by molar-refractivity contribution is 5.93. The monoisotopic (exact) mass is 389 g/mol. The Kier molecular flexibility index (Phi) is 5.96. The molecule has 0 fully saturated rings. The number of carbonyl (C=O) groups is 1. The van der Waals surface area contributed by atoms with Crippen LogP contribution in [0.4, 0.5) is 5.69 Å². The van der Waals surface area contributed by atoms with Crippen LogP contribution in [0, 0.1) is 25.2 Å². The summed E-state index contributed by atoms with van der Waals surface area (Å²) in [7, 11) is 1.70. The minimum absolute atomic E-state index is 0.0418. The number of imidazole rings is 1. The summed E-state index contributed by atoms with van der Waals surface area (Å²) in [6.07, 6.45) is 0. The second kappa shape index (κ2) is 8.59. The van der Waals surface area contributed by atoms with Crippen molar-refractivity contribution in [2.45, 2.75) is 13.8 Å². The Morgan fingerprint density at radius 3 is 2.52 bits per heavy atom. The van der Waals surface area contributed by atoms with Crippen molar-refractivity contribution in [3.05, 3.63) is 65.2 Å². The molecule has 29 heavy (non-hydrogen) atoms. The molecule has 0 saturated heterocycles. The van der Waals surface area contributed by atoms with Gasteiger partial charge in [0.2, 0.25) is 5.91 Å². The van der Waals surface area contributed by atoms with Crippen LogP contribution in [-0.2, 0) is 4.79 Å². The molecule has 1 amide bonds. The number of aromatic nitrogens is 2. The Balaban J connectivity index is 1.70. The average molecular weight is 389 g/mol. The van der Waals surface area contributed by atoms with Crippen LogP contribution in [-0.4, -0.2) is 46.0 Å². The quantitative estimate of drug-likeness (QED) is 0.442. The van der Waals surface area contributed by atoms with Crippen LogP contribution in [0.1, 0.15) is 17.0 Å². The molecule has 3 aromatic rings. The largest absolute Gasteiger partial charge is 0.509 e. The van der Waals surface area contributed by atoms with E-state index in [1.165, 1.54) is 0 Å². The van der Waals surface area contributed by atoms with E-state index in [1.807, 2.05) is 62.4 Å². The summed E-state index contributed by atoms with van der Waals surface area (Å²) < 4.78 is 0. The normalized spacial score (nSPS) is 12.0. The number of rotatable bonds is 6. The van der Waals surface area contributed by atoms with Crippen LogP contribution in [0.15, 0.2) is 48.2 Å². The topological polar surface area (TPSA) is 105 Å². The molecule has 0 spiro atoms. The number of H-pyrrole nitrogens is 1. The number of aryl methyl sites for hydroxylation is 2. The number of amides is 1. The minimum Gasteiger partial charge on any atom is -0.509 e. The molecule has 1 heterocycles. The number of para-hydroxylation sites is 3. The van der Waals surface area contributed by atoms with E-state index < -0.39 is 0 Å². The number of allylic oxidation sites excluding steroid dienone is 1.